The van der Waals surface area contributed by atoms with Crippen molar-refractivity contribution in [1.82, 2.24) is 0 Å². The van der Waals surface area contributed by atoms with Gasteiger partial charge in [-0.05, 0) is 0 Å². The summed E-state index contributed by atoms with van der Waals surface area (Å²) in [7, 11) is -2.72. The summed E-state index contributed by atoms with van der Waals surface area (Å²) in [6.45, 7) is 5.37. The molecule has 0 aliphatic carbocycles. The minimum Gasteiger partial charge on any atom is -0.481 e. The Morgan fingerprint density at radius 3 is 2.69 bits per heavy atom. The van der Waals surface area contributed by atoms with E-state index in [1.807, 2.05) is 0 Å². The molecule has 0 aliphatic rings. The molecule has 1 N–H and O–H groups in total. The smallest absolute Gasteiger partial charge is 0.303 e. The van der Waals surface area contributed by atoms with Crippen LogP contribution in [-0.2, 0) is 13.9 Å². The quantitative estimate of drug-likeness (QED) is 0.510. The van der Waals surface area contributed by atoms with E-state index in [0.29, 0.717) is 6.16 Å². The third kappa shape index (κ3) is 5.61. The molecule has 0 aromatic carbocycles. The lowest BCUT2D eigenvalue weighted by Crippen LogP contribution is -2.04. The molecule has 5 heteroatoms. The van der Waals surface area contributed by atoms with Crippen molar-refractivity contribution in [3.63, 3.8) is 0 Å². The summed E-state index contributed by atoms with van der Waals surface area (Å²) in [6.07, 6.45) is 1.87. The van der Waals surface area contributed by atoms with Gasteiger partial charge >= 0.3 is 5.97 Å². The standard InChI is InChI=1S/C8H15O4P/c1-3-6-12-13(11,4-2)7-5-8(9)10/h3H,1,4-7H2,2H3,(H,9,10). The first kappa shape index (κ1) is 12.4. The molecule has 76 valence electrons. The minimum atomic E-state index is -2.72. The van der Waals surface area contributed by atoms with Crippen LogP contribution in [0, 0.1) is 0 Å². The normalized spacial score (nSPS) is 14.8. The molecule has 13 heavy (non-hydrogen) atoms. The molecule has 0 amide bonds. The fourth-order valence-electron chi connectivity index (χ4n) is 0.768. The van der Waals surface area contributed by atoms with Gasteiger partial charge in [0.25, 0.3) is 0 Å². The molecule has 0 bridgehead atoms. The topological polar surface area (TPSA) is 63.6 Å². The molecule has 0 aromatic heterocycles. The Morgan fingerprint density at radius 2 is 2.31 bits per heavy atom. The zero-order chi connectivity index (χ0) is 10.3. The molecule has 0 spiro atoms. The van der Waals surface area contributed by atoms with Gasteiger partial charge in [0.05, 0.1) is 13.0 Å². The predicted octanol–water partition coefficient (Wildman–Crippen LogP) is 1.96. The molecule has 1 unspecified atom stereocenters. The molecule has 0 saturated heterocycles. The number of carboxylic acids is 1. The summed E-state index contributed by atoms with van der Waals surface area (Å²) in [6, 6.07) is 0. The Bertz CT molecular complexity index is 224. The van der Waals surface area contributed by atoms with Gasteiger partial charge in [-0.25, -0.2) is 0 Å². The second-order valence-corrected chi connectivity index (χ2v) is 5.55. The van der Waals surface area contributed by atoms with Crippen LogP contribution in [0.3, 0.4) is 0 Å². The molecule has 4 nitrogen and oxygen atoms in total. The SMILES string of the molecule is C=CCOP(=O)(CC)CCC(=O)O. The second-order valence-electron chi connectivity index (χ2n) is 2.58. The van der Waals surface area contributed by atoms with Crippen molar-refractivity contribution in [1.29, 1.82) is 0 Å². The van der Waals surface area contributed by atoms with Gasteiger partial charge in [-0.2, -0.15) is 0 Å². The van der Waals surface area contributed by atoms with E-state index in [1.54, 1.807) is 6.92 Å². The van der Waals surface area contributed by atoms with Crippen molar-refractivity contribution in [2.45, 2.75) is 13.3 Å². The molecule has 0 heterocycles. The summed E-state index contributed by atoms with van der Waals surface area (Å²) < 4.78 is 16.8. The maximum atomic E-state index is 11.7. The number of hydrogen-bond donors (Lipinski definition) is 1. The summed E-state index contributed by atoms with van der Waals surface area (Å²) in [5.74, 6) is -0.948. The van der Waals surface area contributed by atoms with Crippen LogP contribution in [0.25, 0.3) is 0 Å². The molecular formula is C8H15O4P. The first-order valence-electron chi connectivity index (χ1n) is 4.09. The predicted molar refractivity (Wildman–Crippen MR) is 51.4 cm³/mol. The lowest BCUT2D eigenvalue weighted by atomic mass is 10.5. The van der Waals surface area contributed by atoms with Crippen LogP contribution in [0.4, 0.5) is 0 Å². The van der Waals surface area contributed by atoms with Gasteiger partial charge in [-0.1, -0.05) is 13.0 Å². The van der Waals surface area contributed by atoms with Crippen LogP contribution in [0.1, 0.15) is 13.3 Å². The molecule has 0 radical (unpaired) electrons. The zero-order valence-corrected chi connectivity index (χ0v) is 8.63. The van der Waals surface area contributed by atoms with Crippen LogP contribution in [0.5, 0.6) is 0 Å². The van der Waals surface area contributed by atoms with E-state index >= 15 is 0 Å². The first-order valence-corrected chi connectivity index (χ1v) is 6.09. The van der Waals surface area contributed by atoms with Crippen molar-refractivity contribution in [2.75, 3.05) is 18.9 Å². The van der Waals surface area contributed by atoms with E-state index in [1.165, 1.54) is 6.08 Å². The van der Waals surface area contributed by atoms with Crippen molar-refractivity contribution < 1.29 is 19.0 Å². The highest BCUT2D eigenvalue weighted by molar-refractivity contribution is 7.58. The third-order valence-corrected chi connectivity index (χ3v) is 4.06. The van der Waals surface area contributed by atoms with Crippen LogP contribution < -0.4 is 0 Å². The summed E-state index contributed by atoms with van der Waals surface area (Å²) in [5, 5.41) is 8.40. The number of carbonyl (C=O) groups is 1. The van der Waals surface area contributed by atoms with Crippen molar-refractivity contribution in [3.05, 3.63) is 12.7 Å². The maximum absolute atomic E-state index is 11.7. The molecular weight excluding hydrogens is 191 g/mol. The van der Waals surface area contributed by atoms with Gasteiger partial charge in [0.2, 0.25) is 7.37 Å². The summed E-state index contributed by atoms with van der Waals surface area (Å²) >= 11 is 0. The van der Waals surface area contributed by atoms with Crippen molar-refractivity contribution >= 4 is 13.3 Å². The fraction of sp³-hybridized carbons (Fsp3) is 0.625. The zero-order valence-electron chi connectivity index (χ0n) is 7.73. The Kier molecular flexibility index (Phi) is 5.67. The first-order chi connectivity index (χ1) is 6.04. The van der Waals surface area contributed by atoms with Gasteiger partial charge in [0, 0.05) is 12.3 Å². The van der Waals surface area contributed by atoms with Crippen molar-refractivity contribution in [3.8, 4) is 0 Å². The Balaban J connectivity index is 4.03. The average Bonchev–Trinajstić information content (AvgIpc) is 2.11. The van der Waals surface area contributed by atoms with Crippen molar-refractivity contribution in [2.24, 2.45) is 0 Å². The minimum absolute atomic E-state index is 0.104. The lowest BCUT2D eigenvalue weighted by Gasteiger charge is -2.14. The largest absolute Gasteiger partial charge is 0.481 e. The number of carboxylic acid groups (broad SMARTS) is 1. The van der Waals surface area contributed by atoms with E-state index in [9.17, 15) is 9.36 Å². The number of hydrogen-bond acceptors (Lipinski definition) is 3. The summed E-state index contributed by atoms with van der Waals surface area (Å²) in [4.78, 5) is 10.2. The molecule has 0 aromatic rings. The van der Waals surface area contributed by atoms with Gasteiger partial charge in [-0.3, -0.25) is 9.36 Å². The van der Waals surface area contributed by atoms with E-state index in [0.717, 1.165) is 0 Å². The van der Waals surface area contributed by atoms with Crippen LogP contribution in [0.2, 0.25) is 0 Å². The molecule has 1 atom stereocenters. The molecule has 0 fully saturated rings. The Morgan fingerprint density at radius 1 is 1.69 bits per heavy atom. The number of rotatable bonds is 7. The van der Waals surface area contributed by atoms with Crippen LogP contribution in [-0.4, -0.2) is 30.0 Å². The Hall–Kier alpha value is -0.600. The summed E-state index contributed by atoms with van der Waals surface area (Å²) in [5.41, 5.74) is 0. The van der Waals surface area contributed by atoms with E-state index in [4.69, 9.17) is 9.63 Å². The average molecular weight is 206 g/mol. The van der Waals surface area contributed by atoms with E-state index < -0.39 is 13.3 Å². The highest BCUT2D eigenvalue weighted by atomic mass is 31.2. The second kappa shape index (κ2) is 5.95. The number of aliphatic carboxylic acids is 1. The van der Waals surface area contributed by atoms with Gasteiger partial charge in [0.15, 0.2) is 0 Å². The fourth-order valence-corrected chi connectivity index (χ4v) is 2.31. The van der Waals surface area contributed by atoms with Gasteiger partial charge < -0.3 is 9.63 Å². The lowest BCUT2D eigenvalue weighted by molar-refractivity contribution is -0.136. The third-order valence-electron chi connectivity index (χ3n) is 1.58. The molecule has 0 rings (SSSR count). The van der Waals surface area contributed by atoms with E-state index in [2.05, 4.69) is 6.58 Å². The Labute approximate surface area is 78.0 Å². The van der Waals surface area contributed by atoms with Crippen LogP contribution >= 0.6 is 7.37 Å². The van der Waals surface area contributed by atoms with Crippen LogP contribution in [0.15, 0.2) is 12.7 Å². The monoisotopic (exact) mass is 206 g/mol. The molecule has 0 saturated carbocycles. The van der Waals surface area contributed by atoms with Gasteiger partial charge in [-0.15, -0.1) is 6.58 Å². The highest BCUT2D eigenvalue weighted by Gasteiger charge is 2.20. The maximum Gasteiger partial charge on any atom is 0.303 e. The van der Waals surface area contributed by atoms with Gasteiger partial charge in [0.1, 0.15) is 0 Å². The molecule has 0 aliphatic heterocycles. The highest BCUT2D eigenvalue weighted by Crippen LogP contribution is 2.46. The van der Waals surface area contributed by atoms with E-state index in [-0.39, 0.29) is 19.2 Å².